The van der Waals surface area contributed by atoms with Crippen LogP contribution in [0.1, 0.15) is 56.7 Å². The smallest absolute Gasteiger partial charge is 0.347 e. The molecule has 0 aliphatic carbocycles. The van der Waals surface area contributed by atoms with Crippen LogP contribution in [0.2, 0.25) is 0 Å². The van der Waals surface area contributed by atoms with Crippen LogP contribution in [0.5, 0.6) is 23.0 Å². The molecule has 0 saturated carbocycles. The molecular weight excluding hydrogens is 499 g/mol. The second-order valence-electron chi connectivity index (χ2n) is 9.57. The first-order chi connectivity index (χ1) is 18.9. The van der Waals surface area contributed by atoms with Gasteiger partial charge in [0.2, 0.25) is 0 Å². The van der Waals surface area contributed by atoms with Gasteiger partial charge in [-0.3, -0.25) is 0 Å². The van der Waals surface area contributed by atoms with Crippen LogP contribution >= 0.6 is 0 Å². The lowest BCUT2D eigenvalue weighted by Crippen LogP contribution is -2.33. The topological polar surface area (TPSA) is 74.2 Å². The third-order valence-corrected chi connectivity index (χ3v) is 6.80. The molecule has 0 spiro atoms. The van der Waals surface area contributed by atoms with Gasteiger partial charge in [0.05, 0.1) is 19.8 Å². The van der Waals surface area contributed by atoms with Crippen LogP contribution in [0.3, 0.4) is 0 Å². The number of fused-ring (bicyclic) bond motifs is 1. The first-order valence-electron chi connectivity index (χ1n) is 13.8. The molecule has 0 fully saturated rings. The molecular formula is C32H37FO6. The molecule has 4 rings (SSSR count). The monoisotopic (exact) mass is 536 g/mol. The fourth-order valence-electron chi connectivity index (χ4n) is 4.82. The van der Waals surface area contributed by atoms with Gasteiger partial charge >= 0.3 is 5.97 Å². The van der Waals surface area contributed by atoms with Gasteiger partial charge in [-0.05, 0) is 73.6 Å². The maximum absolute atomic E-state index is 13.3. The van der Waals surface area contributed by atoms with Crippen LogP contribution in [-0.4, -0.2) is 37.0 Å². The Balaban J connectivity index is 1.38. The molecule has 1 unspecified atom stereocenters. The van der Waals surface area contributed by atoms with Crippen molar-refractivity contribution in [3.63, 3.8) is 0 Å². The highest BCUT2D eigenvalue weighted by atomic mass is 19.1. The summed E-state index contributed by atoms with van der Waals surface area (Å²) in [6.07, 6.45) is 3.84. The SMILES string of the molecule is CCCc1c(OCCCOc2cc(O)c(-c3ccc(F)cc3)cc2CC)ccc2c1OC(C(=O)OCC)CC2. The minimum Gasteiger partial charge on any atom is -0.507 e. The van der Waals surface area contributed by atoms with Crippen molar-refractivity contribution in [2.45, 2.75) is 65.4 Å². The van der Waals surface area contributed by atoms with Crippen molar-refractivity contribution >= 4 is 5.97 Å². The molecule has 7 heteroatoms. The van der Waals surface area contributed by atoms with Crippen LogP contribution in [-0.2, 0) is 28.8 Å². The van der Waals surface area contributed by atoms with Crippen molar-refractivity contribution < 1.29 is 33.2 Å². The molecule has 1 atom stereocenters. The van der Waals surface area contributed by atoms with Gasteiger partial charge < -0.3 is 24.1 Å². The number of hydrogen-bond donors (Lipinski definition) is 1. The van der Waals surface area contributed by atoms with E-state index in [0.29, 0.717) is 44.0 Å². The maximum Gasteiger partial charge on any atom is 0.347 e. The molecule has 0 bridgehead atoms. The first kappa shape index (κ1) is 28.3. The van der Waals surface area contributed by atoms with Crippen molar-refractivity contribution in [1.29, 1.82) is 0 Å². The number of phenols is 1. The van der Waals surface area contributed by atoms with Crippen molar-refractivity contribution in [3.8, 4) is 34.1 Å². The lowest BCUT2D eigenvalue weighted by Gasteiger charge is -2.27. The highest BCUT2D eigenvalue weighted by Gasteiger charge is 2.30. The number of benzene rings is 3. The van der Waals surface area contributed by atoms with Gasteiger partial charge in [-0.15, -0.1) is 0 Å². The molecule has 0 radical (unpaired) electrons. The normalized spacial score (nSPS) is 14.3. The van der Waals surface area contributed by atoms with E-state index in [1.807, 2.05) is 25.1 Å². The number of halogens is 1. The summed E-state index contributed by atoms with van der Waals surface area (Å²) in [6, 6.07) is 13.6. The minimum absolute atomic E-state index is 0.0875. The van der Waals surface area contributed by atoms with E-state index in [9.17, 15) is 14.3 Å². The third kappa shape index (κ3) is 6.83. The molecule has 208 valence electrons. The summed E-state index contributed by atoms with van der Waals surface area (Å²) in [4.78, 5) is 12.3. The fourth-order valence-corrected chi connectivity index (χ4v) is 4.82. The van der Waals surface area contributed by atoms with Gasteiger partial charge in [0, 0.05) is 23.6 Å². The predicted octanol–water partition coefficient (Wildman–Crippen LogP) is 6.82. The van der Waals surface area contributed by atoms with Crippen LogP contribution in [0.15, 0.2) is 48.5 Å². The lowest BCUT2D eigenvalue weighted by atomic mass is 9.96. The zero-order chi connectivity index (χ0) is 27.8. The van der Waals surface area contributed by atoms with Gasteiger partial charge in [-0.1, -0.05) is 38.5 Å². The van der Waals surface area contributed by atoms with Crippen molar-refractivity contribution in [3.05, 3.63) is 71.0 Å². The Hall–Kier alpha value is -3.74. The Morgan fingerprint density at radius 2 is 1.77 bits per heavy atom. The van der Waals surface area contributed by atoms with Crippen LogP contribution in [0, 0.1) is 5.82 Å². The summed E-state index contributed by atoms with van der Waals surface area (Å²) in [5.74, 6) is 1.58. The van der Waals surface area contributed by atoms with Crippen LogP contribution in [0.25, 0.3) is 11.1 Å². The minimum atomic E-state index is -0.588. The number of rotatable bonds is 12. The quantitative estimate of drug-likeness (QED) is 0.202. The number of hydrogen-bond acceptors (Lipinski definition) is 6. The van der Waals surface area contributed by atoms with E-state index in [0.717, 1.165) is 59.4 Å². The number of carbonyl (C=O) groups excluding carboxylic acids is 1. The third-order valence-electron chi connectivity index (χ3n) is 6.80. The molecule has 6 nitrogen and oxygen atoms in total. The summed E-state index contributed by atoms with van der Waals surface area (Å²) in [7, 11) is 0. The second-order valence-corrected chi connectivity index (χ2v) is 9.57. The number of ether oxygens (including phenoxy) is 4. The summed E-state index contributed by atoms with van der Waals surface area (Å²) in [5, 5.41) is 10.6. The Kier molecular flexibility index (Phi) is 9.69. The van der Waals surface area contributed by atoms with E-state index in [1.54, 1.807) is 25.1 Å². The molecule has 39 heavy (non-hydrogen) atoms. The van der Waals surface area contributed by atoms with Gasteiger partial charge in [0.1, 0.15) is 28.8 Å². The van der Waals surface area contributed by atoms with Crippen LogP contribution < -0.4 is 14.2 Å². The molecule has 0 amide bonds. The molecule has 1 heterocycles. The number of phenolic OH excluding ortho intramolecular Hbond substituents is 1. The first-order valence-corrected chi connectivity index (χ1v) is 13.8. The Morgan fingerprint density at radius 1 is 1.03 bits per heavy atom. The zero-order valence-electron chi connectivity index (χ0n) is 22.9. The standard InChI is InChI=1S/C32H37FO6/c1-4-8-25-28(15-11-23-12-16-29(39-31(23)25)32(35)36-6-3)37-17-7-18-38-30-20-27(34)26(19-21(30)5-2)22-9-13-24(33)14-10-22/h9-11,13-15,19-20,29,34H,4-8,12,16-18H2,1-3H3. The average Bonchev–Trinajstić information content (AvgIpc) is 2.94. The average molecular weight is 537 g/mol. The molecule has 1 aliphatic heterocycles. The van der Waals surface area contributed by atoms with Crippen LogP contribution in [0.4, 0.5) is 4.39 Å². The molecule has 0 aromatic heterocycles. The van der Waals surface area contributed by atoms with Gasteiger partial charge in [0.25, 0.3) is 0 Å². The molecule has 3 aromatic carbocycles. The van der Waals surface area contributed by atoms with E-state index in [2.05, 4.69) is 6.92 Å². The van der Waals surface area contributed by atoms with Crippen molar-refractivity contribution in [1.82, 2.24) is 0 Å². The number of esters is 1. The second kappa shape index (κ2) is 13.4. The van der Waals surface area contributed by atoms with E-state index >= 15 is 0 Å². The summed E-state index contributed by atoms with van der Waals surface area (Å²) in [6.45, 7) is 7.11. The number of aromatic hydroxyl groups is 1. The highest BCUT2D eigenvalue weighted by Crippen LogP contribution is 2.39. The van der Waals surface area contributed by atoms with Gasteiger partial charge in [-0.2, -0.15) is 0 Å². The Labute approximate surface area is 229 Å². The van der Waals surface area contributed by atoms with Crippen molar-refractivity contribution in [2.24, 2.45) is 0 Å². The summed E-state index contributed by atoms with van der Waals surface area (Å²) < 4.78 is 36.8. The van der Waals surface area contributed by atoms with E-state index in [-0.39, 0.29) is 17.5 Å². The summed E-state index contributed by atoms with van der Waals surface area (Å²) in [5.41, 5.74) is 4.42. The van der Waals surface area contributed by atoms with Gasteiger partial charge in [-0.25, -0.2) is 9.18 Å². The number of carbonyl (C=O) groups is 1. The van der Waals surface area contributed by atoms with E-state index in [4.69, 9.17) is 18.9 Å². The fraction of sp³-hybridized carbons (Fsp3) is 0.406. The van der Waals surface area contributed by atoms with Crippen molar-refractivity contribution in [2.75, 3.05) is 19.8 Å². The summed E-state index contributed by atoms with van der Waals surface area (Å²) >= 11 is 0. The maximum atomic E-state index is 13.3. The molecule has 3 aromatic rings. The molecule has 0 saturated heterocycles. The molecule has 1 N–H and O–H groups in total. The van der Waals surface area contributed by atoms with E-state index < -0.39 is 6.10 Å². The Bertz CT molecular complexity index is 1270. The predicted molar refractivity (Wildman–Crippen MR) is 148 cm³/mol. The largest absolute Gasteiger partial charge is 0.507 e. The molecule has 1 aliphatic rings. The zero-order valence-corrected chi connectivity index (χ0v) is 22.9. The lowest BCUT2D eigenvalue weighted by molar-refractivity contribution is -0.152. The van der Waals surface area contributed by atoms with E-state index in [1.165, 1.54) is 12.1 Å². The highest BCUT2D eigenvalue weighted by molar-refractivity contribution is 5.76. The van der Waals surface area contributed by atoms with Gasteiger partial charge in [0.15, 0.2) is 6.10 Å². The Morgan fingerprint density at radius 3 is 2.46 bits per heavy atom. The number of aryl methyl sites for hydroxylation is 2.